The molecule has 3 rings (SSSR count). The van der Waals surface area contributed by atoms with Crippen molar-refractivity contribution in [1.82, 2.24) is 4.98 Å². The molecule has 3 N–H and O–H groups in total. The van der Waals surface area contributed by atoms with Gasteiger partial charge in [0, 0.05) is 22.9 Å². The van der Waals surface area contributed by atoms with Crippen LogP contribution in [0, 0.1) is 12.7 Å². The topological polar surface area (TPSA) is 99.9 Å². The lowest BCUT2D eigenvalue weighted by atomic mass is 9.89. The summed E-state index contributed by atoms with van der Waals surface area (Å²) in [7, 11) is -1.96. The third kappa shape index (κ3) is 7.47. The van der Waals surface area contributed by atoms with Gasteiger partial charge in [0.2, 0.25) is 8.32 Å². The van der Waals surface area contributed by atoms with Crippen molar-refractivity contribution < 1.29 is 28.9 Å². The van der Waals surface area contributed by atoms with Gasteiger partial charge in [-0.3, -0.25) is 4.79 Å². The molecule has 0 saturated heterocycles. The Bertz CT molecular complexity index is 1300. The number of hydrogen-bond donors (Lipinski definition) is 3. The van der Waals surface area contributed by atoms with E-state index in [1.165, 1.54) is 12.1 Å². The van der Waals surface area contributed by atoms with E-state index in [-0.39, 0.29) is 18.2 Å². The number of aromatic nitrogens is 1. The van der Waals surface area contributed by atoms with Crippen molar-refractivity contribution in [2.24, 2.45) is 0 Å². The Labute approximate surface area is 218 Å². The molecule has 2 atom stereocenters. The number of pyridine rings is 1. The van der Waals surface area contributed by atoms with Crippen molar-refractivity contribution in [3.8, 4) is 16.9 Å². The fourth-order valence-corrected chi connectivity index (χ4v) is 5.11. The highest BCUT2D eigenvalue weighted by Crippen LogP contribution is 2.40. The van der Waals surface area contributed by atoms with Crippen LogP contribution in [0.3, 0.4) is 0 Å². The Morgan fingerprint density at radius 1 is 1.14 bits per heavy atom. The number of benzene rings is 2. The van der Waals surface area contributed by atoms with E-state index in [9.17, 15) is 19.4 Å². The zero-order valence-corrected chi connectivity index (χ0v) is 23.2. The molecule has 3 aromatic rings. The minimum atomic E-state index is -1.96. The molecule has 6 nitrogen and oxygen atoms in total. The largest absolute Gasteiger partial charge is 0.543 e. The number of carboxylic acids is 1. The molecule has 2 unspecified atom stereocenters. The average molecular weight is 526 g/mol. The number of carboxylic acid groups (broad SMARTS) is 1. The second-order valence-corrected chi connectivity index (χ2v) is 15.2. The zero-order valence-electron chi connectivity index (χ0n) is 22.2. The van der Waals surface area contributed by atoms with Crippen LogP contribution in [0.1, 0.15) is 49.4 Å². The summed E-state index contributed by atoms with van der Waals surface area (Å²) in [5.41, 5.74) is 4.91. The summed E-state index contributed by atoms with van der Waals surface area (Å²) in [5.74, 6) is -0.745. The van der Waals surface area contributed by atoms with E-state index < -0.39 is 32.9 Å². The van der Waals surface area contributed by atoms with E-state index in [0.717, 1.165) is 38.9 Å². The summed E-state index contributed by atoms with van der Waals surface area (Å²) in [6, 6.07) is 10.3. The van der Waals surface area contributed by atoms with E-state index >= 15 is 0 Å². The van der Waals surface area contributed by atoms with Crippen LogP contribution in [0.5, 0.6) is 5.75 Å². The molecule has 37 heavy (non-hydrogen) atoms. The van der Waals surface area contributed by atoms with Crippen molar-refractivity contribution in [3.63, 3.8) is 0 Å². The maximum atomic E-state index is 13.9. The first kappa shape index (κ1) is 28.5. The van der Waals surface area contributed by atoms with Crippen LogP contribution in [0.4, 0.5) is 4.39 Å². The standard InChI is InChI=1S/C29H36FNO5Si/c1-17(2)28-23(12-11-21(32)15-22(33)16-26(34)35)27(19-7-9-20(30)10-8-19)24-13-18(3)14-25(29(24)31-28)36-37(4,5)6/h7-14,17,21-22,32-33H,15-16H2,1-6H3,(H,34,35). The van der Waals surface area contributed by atoms with Crippen molar-refractivity contribution in [3.05, 3.63) is 65.1 Å². The number of halogens is 1. The molecule has 0 saturated carbocycles. The Balaban J connectivity index is 2.28. The van der Waals surface area contributed by atoms with Crippen LogP contribution < -0.4 is 4.43 Å². The Hall–Kier alpha value is -3.07. The summed E-state index contributed by atoms with van der Waals surface area (Å²) in [6.45, 7) is 12.4. The van der Waals surface area contributed by atoms with E-state index in [1.807, 2.05) is 32.9 Å². The molecule has 8 heteroatoms. The van der Waals surface area contributed by atoms with Crippen molar-refractivity contribution in [2.75, 3.05) is 0 Å². The number of nitrogens with zero attached hydrogens (tertiary/aromatic N) is 1. The van der Waals surface area contributed by atoms with Gasteiger partial charge in [0.05, 0.1) is 24.3 Å². The number of hydrogen-bond acceptors (Lipinski definition) is 5. The molecule has 0 aliphatic carbocycles. The van der Waals surface area contributed by atoms with Gasteiger partial charge in [-0.25, -0.2) is 9.37 Å². The molecule has 0 aliphatic heterocycles. The van der Waals surface area contributed by atoms with E-state index in [1.54, 1.807) is 24.3 Å². The zero-order chi connectivity index (χ0) is 27.5. The number of aliphatic hydroxyl groups is 2. The molecular weight excluding hydrogens is 489 g/mol. The minimum Gasteiger partial charge on any atom is -0.543 e. The second-order valence-electron chi connectivity index (χ2n) is 10.7. The van der Waals surface area contributed by atoms with Gasteiger partial charge in [0.1, 0.15) is 17.1 Å². The monoisotopic (exact) mass is 525 g/mol. The summed E-state index contributed by atoms with van der Waals surface area (Å²) in [4.78, 5) is 15.9. The quantitative estimate of drug-likeness (QED) is 0.269. The van der Waals surface area contributed by atoms with Gasteiger partial charge in [-0.05, 0) is 67.9 Å². The highest BCUT2D eigenvalue weighted by molar-refractivity contribution is 6.70. The predicted octanol–water partition coefficient (Wildman–Crippen LogP) is 6.29. The number of fused-ring (bicyclic) bond motifs is 1. The van der Waals surface area contributed by atoms with Crippen LogP contribution in [-0.2, 0) is 4.79 Å². The molecule has 0 spiro atoms. The molecule has 0 bridgehead atoms. The number of aliphatic hydroxyl groups excluding tert-OH is 2. The SMILES string of the molecule is Cc1cc(O[Si](C)(C)C)c2nc(C(C)C)c(C=CC(O)CC(O)CC(=O)O)c(-c3ccc(F)cc3)c2c1. The summed E-state index contributed by atoms with van der Waals surface area (Å²) in [5, 5.41) is 30.2. The van der Waals surface area contributed by atoms with Gasteiger partial charge in [-0.15, -0.1) is 0 Å². The van der Waals surface area contributed by atoms with Gasteiger partial charge in [0.25, 0.3) is 0 Å². The second kappa shape index (κ2) is 11.5. The Kier molecular flexibility index (Phi) is 8.89. The van der Waals surface area contributed by atoms with Crippen molar-refractivity contribution in [1.29, 1.82) is 0 Å². The highest BCUT2D eigenvalue weighted by atomic mass is 28.4. The first-order valence-corrected chi connectivity index (χ1v) is 15.8. The van der Waals surface area contributed by atoms with Crippen LogP contribution in [0.15, 0.2) is 42.5 Å². The maximum absolute atomic E-state index is 13.9. The van der Waals surface area contributed by atoms with E-state index in [0.29, 0.717) is 5.75 Å². The smallest absolute Gasteiger partial charge is 0.305 e. The van der Waals surface area contributed by atoms with E-state index in [4.69, 9.17) is 14.5 Å². The minimum absolute atomic E-state index is 0.0130. The first-order chi connectivity index (χ1) is 17.2. The lowest BCUT2D eigenvalue weighted by Gasteiger charge is -2.24. The Morgan fingerprint density at radius 2 is 1.78 bits per heavy atom. The normalized spacial score (nSPS) is 13.9. The first-order valence-electron chi connectivity index (χ1n) is 12.4. The number of carbonyl (C=O) groups is 1. The van der Waals surface area contributed by atoms with Gasteiger partial charge in [-0.1, -0.05) is 38.1 Å². The number of rotatable bonds is 10. The van der Waals surface area contributed by atoms with Gasteiger partial charge in [0.15, 0.2) is 0 Å². The molecule has 1 aromatic heterocycles. The molecular formula is C29H36FNO5Si. The number of aliphatic carboxylic acids is 1. The predicted molar refractivity (Wildman–Crippen MR) is 148 cm³/mol. The molecule has 2 aromatic carbocycles. The fraction of sp³-hybridized carbons (Fsp3) is 0.379. The van der Waals surface area contributed by atoms with Gasteiger partial charge in [-0.2, -0.15) is 0 Å². The van der Waals surface area contributed by atoms with Gasteiger partial charge >= 0.3 is 5.97 Å². The molecule has 0 radical (unpaired) electrons. The third-order valence-electron chi connectivity index (χ3n) is 5.77. The number of aryl methyl sites for hydroxylation is 1. The van der Waals surface area contributed by atoms with E-state index in [2.05, 4.69) is 19.6 Å². The van der Waals surface area contributed by atoms with Crippen molar-refractivity contribution in [2.45, 2.75) is 71.4 Å². The fourth-order valence-electron chi connectivity index (χ4n) is 4.30. The molecule has 1 heterocycles. The summed E-state index contributed by atoms with van der Waals surface area (Å²) in [6.07, 6.45) is 0.522. The molecule has 0 aliphatic rings. The lowest BCUT2D eigenvalue weighted by molar-refractivity contribution is -0.139. The van der Waals surface area contributed by atoms with Crippen LogP contribution in [0.2, 0.25) is 19.6 Å². The third-order valence-corrected chi connectivity index (χ3v) is 6.60. The van der Waals surface area contributed by atoms with Gasteiger partial charge < -0.3 is 19.7 Å². The summed E-state index contributed by atoms with van der Waals surface area (Å²) >= 11 is 0. The lowest BCUT2D eigenvalue weighted by Crippen LogP contribution is -2.29. The molecule has 0 amide bonds. The summed E-state index contributed by atoms with van der Waals surface area (Å²) < 4.78 is 20.3. The van der Waals surface area contributed by atoms with Crippen LogP contribution in [-0.4, -0.2) is 46.8 Å². The van der Waals surface area contributed by atoms with Crippen LogP contribution >= 0.6 is 0 Å². The average Bonchev–Trinajstić information content (AvgIpc) is 2.75. The Morgan fingerprint density at radius 3 is 2.35 bits per heavy atom. The van der Waals surface area contributed by atoms with Crippen molar-refractivity contribution >= 4 is 31.3 Å². The van der Waals surface area contributed by atoms with Crippen LogP contribution in [0.25, 0.3) is 28.1 Å². The maximum Gasteiger partial charge on any atom is 0.305 e. The molecule has 198 valence electrons. The highest BCUT2D eigenvalue weighted by Gasteiger charge is 2.23. The molecule has 0 fully saturated rings.